The minimum Gasteiger partial charge on any atom is -0.508 e. The van der Waals surface area contributed by atoms with Crippen LogP contribution in [0.25, 0.3) is 0 Å². The van der Waals surface area contributed by atoms with Gasteiger partial charge < -0.3 is 20.4 Å². The number of hydrogen-bond acceptors (Lipinski definition) is 6. The molecule has 2 rings (SSSR count). The summed E-state index contributed by atoms with van der Waals surface area (Å²) in [5.74, 6) is 0.100. The topological polar surface area (TPSA) is 80.9 Å². The highest BCUT2D eigenvalue weighted by Gasteiger charge is 2.23. The van der Waals surface area contributed by atoms with E-state index in [2.05, 4.69) is 0 Å². The molecule has 0 aliphatic rings. The van der Waals surface area contributed by atoms with Gasteiger partial charge in [-0.1, -0.05) is 41.5 Å². The summed E-state index contributed by atoms with van der Waals surface area (Å²) in [6.07, 6.45) is 0. The SMILES string of the molecule is CC(C)(C)c1cc(SSc2cc(C(C)(C)C)c(O)cc2O)c(O)cc1O. The second kappa shape index (κ2) is 7.16. The second-order valence-electron chi connectivity index (χ2n) is 8.34. The fourth-order valence-corrected chi connectivity index (χ4v) is 4.68. The summed E-state index contributed by atoms with van der Waals surface area (Å²) < 4.78 is 0. The summed E-state index contributed by atoms with van der Waals surface area (Å²) in [6.45, 7) is 11.9. The molecule has 0 saturated heterocycles. The smallest absolute Gasteiger partial charge is 0.133 e. The van der Waals surface area contributed by atoms with E-state index < -0.39 is 0 Å². The maximum absolute atomic E-state index is 10.2. The van der Waals surface area contributed by atoms with Crippen LogP contribution in [0.15, 0.2) is 34.1 Å². The number of phenols is 4. The lowest BCUT2D eigenvalue weighted by atomic mass is 9.86. The maximum Gasteiger partial charge on any atom is 0.133 e. The normalized spacial score (nSPS) is 12.4. The molecule has 2 aromatic carbocycles. The van der Waals surface area contributed by atoms with Crippen molar-refractivity contribution in [1.29, 1.82) is 0 Å². The predicted octanol–water partition coefficient (Wildman–Crippen LogP) is 5.90. The fourth-order valence-electron chi connectivity index (χ4n) is 2.54. The van der Waals surface area contributed by atoms with Gasteiger partial charge in [-0.3, -0.25) is 0 Å². The highest BCUT2D eigenvalue weighted by Crippen LogP contribution is 2.49. The second-order valence-corrected chi connectivity index (χ2v) is 10.6. The van der Waals surface area contributed by atoms with Gasteiger partial charge >= 0.3 is 0 Å². The average molecular weight is 395 g/mol. The lowest BCUT2D eigenvalue weighted by Gasteiger charge is -2.22. The first-order valence-corrected chi connectivity index (χ1v) is 10.4. The molecule has 0 aliphatic heterocycles. The van der Waals surface area contributed by atoms with E-state index in [0.717, 1.165) is 11.1 Å². The van der Waals surface area contributed by atoms with Crippen LogP contribution < -0.4 is 0 Å². The van der Waals surface area contributed by atoms with Crippen molar-refractivity contribution in [2.45, 2.75) is 62.2 Å². The Morgan fingerprint density at radius 3 is 1.12 bits per heavy atom. The zero-order valence-corrected chi connectivity index (χ0v) is 17.5. The molecule has 0 aromatic heterocycles. The molecular formula is C20H26O4S2. The largest absolute Gasteiger partial charge is 0.508 e. The first-order valence-electron chi connectivity index (χ1n) is 8.28. The summed E-state index contributed by atoms with van der Waals surface area (Å²) in [5.41, 5.74) is 0.947. The molecule has 0 bridgehead atoms. The van der Waals surface area contributed by atoms with E-state index in [-0.39, 0.29) is 33.8 Å². The van der Waals surface area contributed by atoms with E-state index in [0.29, 0.717) is 9.79 Å². The van der Waals surface area contributed by atoms with Gasteiger partial charge in [0.1, 0.15) is 23.0 Å². The Hall–Kier alpha value is -1.66. The van der Waals surface area contributed by atoms with Gasteiger partial charge in [0.15, 0.2) is 0 Å². The Labute approximate surface area is 162 Å². The van der Waals surface area contributed by atoms with Crippen molar-refractivity contribution in [3.8, 4) is 23.0 Å². The molecule has 0 radical (unpaired) electrons. The molecule has 4 nitrogen and oxygen atoms in total. The number of benzene rings is 2. The van der Waals surface area contributed by atoms with E-state index in [9.17, 15) is 20.4 Å². The van der Waals surface area contributed by atoms with E-state index in [1.807, 2.05) is 41.5 Å². The molecule has 0 atom stereocenters. The molecule has 0 fully saturated rings. The van der Waals surface area contributed by atoms with Crippen LogP contribution in [-0.4, -0.2) is 20.4 Å². The summed E-state index contributed by atoms with van der Waals surface area (Å²) in [5, 5.41) is 40.5. The first kappa shape index (κ1) is 20.6. The van der Waals surface area contributed by atoms with Gasteiger partial charge in [0, 0.05) is 23.3 Å². The quantitative estimate of drug-likeness (QED) is 0.485. The third-order valence-electron chi connectivity index (χ3n) is 3.99. The fraction of sp³-hybridized carbons (Fsp3) is 0.400. The van der Waals surface area contributed by atoms with Gasteiger partial charge in [0.2, 0.25) is 0 Å². The third-order valence-corrected chi connectivity index (χ3v) is 6.42. The van der Waals surface area contributed by atoms with Crippen molar-refractivity contribution >= 4 is 21.6 Å². The molecule has 6 heteroatoms. The zero-order chi connectivity index (χ0) is 19.9. The van der Waals surface area contributed by atoms with Crippen molar-refractivity contribution in [2.75, 3.05) is 0 Å². The molecule has 0 aliphatic carbocycles. The van der Waals surface area contributed by atoms with E-state index in [4.69, 9.17) is 0 Å². The first-order chi connectivity index (χ1) is 11.8. The van der Waals surface area contributed by atoms with Crippen molar-refractivity contribution < 1.29 is 20.4 Å². The third kappa shape index (κ3) is 4.54. The van der Waals surface area contributed by atoms with Crippen LogP contribution in [0, 0.1) is 0 Å². The molecule has 142 valence electrons. The minimum atomic E-state index is -0.266. The number of rotatable bonds is 3. The van der Waals surface area contributed by atoms with Gasteiger partial charge in [-0.2, -0.15) is 0 Å². The molecule has 4 N–H and O–H groups in total. The van der Waals surface area contributed by atoms with E-state index in [1.54, 1.807) is 12.1 Å². The number of phenolic OH excluding ortho intramolecular Hbond substituents is 4. The summed E-state index contributed by atoms with van der Waals surface area (Å²) in [6, 6.07) is 6.23. The highest BCUT2D eigenvalue weighted by molar-refractivity contribution is 8.76. The molecule has 0 unspecified atom stereocenters. The Balaban J connectivity index is 2.35. The molecule has 0 spiro atoms. The average Bonchev–Trinajstić information content (AvgIpc) is 2.45. The Morgan fingerprint density at radius 2 is 0.846 bits per heavy atom. The van der Waals surface area contributed by atoms with Crippen molar-refractivity contribution in [3.05, 3.63) is 35.4 Å². The van der Waals surface area contributed by atoms with Crippen LogP contribution in [0.1, 0.15) is 52.7 Å². The lowest BCUT2D eigenvalue weighted by molar-refractivity contribution is 0.423. The minimum absolute atomic E-state index is 0.0117. The summed E-state index contributed by atoms with van der Waals surface area (Å²) in [7, 11) is 2.58. The monoisotopic (exact) mass is 394 g/mol. The van der Waals surface area contributed by atoms with Crippen LogP contribution in [0.3, 0.4) is 0 Å². The van der Waals surface area contributed by atoms with Gasteiger partial charge in [0.25, 0.3) is 0 Å². The lowest BCUT2D eigenvalue weighted by Crippen LogP contribution is -2.11. The van der Waals surface area contributed by atoms with Crippen molar-refractivity contribution in [2.24, 2.45) is 0 Å². The molecule has 0 amide bonds. The van der Waals surface area contributed by atoms with Crippen LogP contribution in [0.2, 0.25) is 0 Å². The van der Waals surface area contributed by atoms with Gasteiger partial charge in [0.05, 0.1) is 9.79 Å². The van der Waals surface area contributed by atoms with Crippen LogP contribution in [0.5, 0.6) is 23.0 Å². The molecule has 2 aromatic rings. The van der Waals surface area contributed by atoms with Gasteiger partial charge in [-0.05, 0) is 44.6 Å². The molecule has 0 heterocycles. The summed E-state index contributed by atoms with van der Waals surface area (Å²) in [4.78, 5) is 1.20. The Morgan fingerprint density at radius 1 is 0.538 bits per heavy atom. The van der Waals surface area contributed by atoms with Crippen LogP contribution in [0.4, 0.5) is 0 Å². The molecular weight excluding hydrogens is 368 g/mol. The standard InChI is InChI=1S/C20H26O4S2/c1-19(2,3)11-7-17(15(23)9-13(11)21)25-26-18-8-12(20(4,5)6)14(22)10-16(18)24/h7-10,21-24H,1-6H3. The Kier molecular flexibility index (Phi) is 5.69. The molecule has 26 heavy (non-hydrogen) atoms. The van der Waals surface area contributed by atoms with Crippen molar-refractivity contribution in [1.82, 2.24) is 0 Å². The van der Waals surface area contributed by atoms with Crippen LogP contribution >= 0.6 is 21.6 Å². The predicted molar refractivity (Wildman–Crippen MR) is 109 cm³/mol. The number of hydrogen-bond donors (Lipinski definition) is 4. The summed E-state index contributed by atoms with van der Waals surface area (Å²) >= 11 is 0. The number of aromatic hydroxyl groups is 4. The maximum atomic E-state index is 10.2. The van der Waals surface area contributed by atoms with Gasteiger partial charge in [-0.25, -0.2) is 0 Å². The molecule has 0 saturated carbocycles. The Bertz CT molecular complexity index is 749. The van der Waals surface area contributed by atoms with E-state index >= 15 is 0 Å². The van der Waals surface area contributed by atoms with Crippen molar-refractivity contribution in [3.63, 3.8) is 0 Å². The highest BCUT2D eigenvalue weighted by atomic mass is 33.1. The van der Waals surface area contributed by atoms with E-state index in [1.165, 1.54) is 33.7 Å². The van der Waals surface area contributed by atoms with Crippen LogP contribution in [-0.2, 0) is 10.8 Å². The zero-order valence-electron chi connectivity index (χ0n) is 15.9. The van der Waals surface area contributed by atoms with Gasteiger partial charge in [-0.15, -0.1) is 0 Å².